The first-order chi connectivity index (χ1) is 22.8. The smallest absolute Gasteiger partial charge is 0.137 e. The van der Waals surface area contributed by atoms with Crippen LogP contribution in [0, 0.1) is 19.8 Å². The zero-order valence-electron chi connectivity index (χ0n) is 28.2. The van der Waals surface area contributed by atoms with Gasteiger partial charge in [0.25, 0.3) is 0 Å². The summed E-state index contributed by atoms with van der Waals surface area (Å²) in [6.45, 7) is 13.3. The van der Waals surface area contributed by atoms with Crippen LogP contribution in [0.25, 0.3) is 44.4 Å². The second-order valence-corrected chi connectivity index (χ2v) is 13.1. The van der Waals surface area contributed by atoms with Crippen LogP contribution in [0.5, 0.6) is 11.5 Å². The number of hydrogen-bond donors (Lipinski definition) is 0. The van der Waals surface area contributed by atoms with Crippen LogP contribution in [0.1, 0.15) is 62.5 Å². The van der Waals surface area contributed by atoms with Gasteiger partial charge < -0.3 is 4.74 Å². The highest BCUT2D eigenvalue weighted by molar-refractivity contribution is 6.09. The molecule has 1 unspecified atom stereocenters. The van der Waals surface area contributed by atoms with E-state index in [9.17, 15) is 0 Å². The Kier molecular flexibility index (Phi) is 8.15. The lowest BCUT2D eigenvalue weighted by molar-refractivity contribution is 0.482. The topological polar surface area (TPSA) is 44.9 Å². The normalized spacial score (nSPS) is 12.3. The van der Waals surface area contributed by atoms with Crippen LogP contribution in [0.2, 0.25) is 0 Å². The molecule has 0 amide bonds. The maximum atomic E-state index is 6.58. The Morgan fingerprint density at radius 3 is 2.34 bits per heavy atom. The summed E-state index contributed by atoms with van der Waals surface area (Å²) in [4.78, 5) is 4.87. The molecule has 3 aromatic heterocycles. The van der Waals surface area contributed by atoms with Crippen LogP contribution in [-0.4, -0.2) is 19.3 Å². The second-order valence-electron chi connectivity index (χ2n) is 13.1. The highest BCUT2D eigenvalue weighted by Crippen LogP contribution is 2.37. The molecule has 0 spiro atoms. The van der Waals surface area contributed by atoms with Crippen LogP contribution in [-0.2, 0) is 6.42 Å². The van der Waals surface area contributed by atoms with Gasteiger partial charge in [0, 0.05) is 40.4 Å². The van der Waals surface area contributed by atoms with Gasteiger partial charge >= 0.3 is 0 Å². The molecule has 7 rings (SSSR count). The minimum atomic E-state index is 0.492. The van der Waals surface area contributed by atoms with Crippen molar-refractivity contribution < 1.29 is 4.74 Å². The fourth-order valence-corrected chi connectivity index (χ4v) is 6.78. The van der Waals surface area contributed by atoms with Crippen molar-refractivity contribution in [2.75, 3.05) is 0 Å². The zero-order chi connectivity index (χ0) is 32.7. The molecule has 0 saturated carbocycles. The van der Waals surface area contributed by atoms with Gasteiger partial charge in [0.1, 0.15) is 17.3 Å². The van der Waals surface area contributed by atoms with E-state index in [1.54, 1.807) is 0 Å². The highest BCUT2D eigenvalue weighted by Gasteiger charge is 2.18. The number of pyridine rings is 1. The molecule has 7 aromatic rings. The summed E-state index contributed by atoms with van der Waals surface area (Å²) >= 11 is 0. The molecular weight excluding hydrogens is 576 g/mol. The molecule has 236 valence electrons. The molecule has 0 aliphatic rings. The number of aryl methyl sites for hydroxylation is 1. The van der Waals surface area contributed by atoms with E-state index in [1.807, 2.05) is 29.1 Å². The lowest BCUT2D eigenvalue weighted by atomic mass is 9.97. The first-order valence-corrected chi connectivity index (χ1v) is 16.7. The minimum Gasteiger partial charge on any atom is -0.457 e. The Morgan fingerprint density at radius 2 is 1.55 bits per heavy atom. The molecule has 4 aromatic carbocycles. The molecular formula is C42H42N4O. The van der Waals surface area contributed by atoms with Gasteiger partial charge in [-0.2, -0.15) is 5.10 Å². The van der Waals surface area contributed by atoms with Gasteiger partial charge in [0.15, 0.2) is 0 Å². The molecule has 0 aliphatic heterocycles. The van der Waals surface area contributed by atoms with Gasteiger partial charge in [-0.3, -0.25) is 4.57 Å². The average molecular weight is 619 g/mol. The molecule has 0 bridgehead atoms. The van der Waals surface area contributed by atoms with Crippen LogP contribution in [0.4, 0.5) is 0 Å². The van der Waals surface area contributed by atoms with Crippen LogP contribution >= 0.6 is 0 Å². The molecule has 5 nitrogen and oxygen atoms in total. The van der Waals surface area contributed by atoms with Gasteiger partial charge in [-0.15, -0.1) is 0 Å². The molecule has 0 aliphatic carbocycles. The predicted octanol–water partition coefficient (Wildman–Crippen LogP) is 11.2. The number of aromatic nitrogens is 4. The summed E-state index contributed by atoms with van der Waals surface area (Å²) in [6.07, 6.45) is 4.05. The molecule has 0 N–H and O–H groups in total. The summed E-state index contributed by atoms with van der Waals surface area (Å²) in [7, 11) is 0. The molecule has 0 radical (unpaired) electrons. The first-order valence-electron chi connectivity index (χ1n) is 16.7. The van der Waals surface area contributed by atoms with Crippen molar-refractivity contribution in [3.63, 3.8) is 0 Å². The molecule has 3 heterocycles. The lowest BCUT2D eigenvalue weighted by Crippen LogP contribution is -2.01. The minimum absolute atomic E-state index is 0.492. The maximum absolute atomic E-state index is 6.58. The number of rotatable bonds is 9. The Bertz CT molecular complexity index is 2210. The molecule has 0 saturated heterocycles. The first kappa shape index (κ1) is 30.5. The summed E-state index contributed by atoms with van der Waals surface area (Å²) in [5.74, 6) is 3.52. The number of ether oxygens (including phenoxy) is 1. The van der Waals surface area contributed by atoms with E-state index in [-0.39, 0.29) is 0 Å². The van der Waals surface area contributed by atoms with Crippen molar-refractivity contribution in [2.45, 2.75) is 60.3 Å². The Hall–Kier alpha value is -5.16. The van der Waals surface area contributed by atoms with E-state index < -0.39 is 0 Å². The third-order valence-corrected chi connectivity index (χ3v) is 9.28. The largest absolute Gasteiger partial charge is 0.457 e. The summed E-state index contributed by atoms with van der Waals surface area (Å²) in [5.41, 5.74) is 10.3. The van der Waals surface area contributed by atoms with E-state index in [0.717, 1.165) is 63.8 Å². The van der Waals surface area contributed by atoms with Gasteiger partial charge in [0.2, 0.25) is 0 Å². The molecule has 1 atom stereocenters. The SMILES string of the molecule is CCC(C)c1ccc2c(c1)c1ccc(Oc3cccc(-n4nc(C)c(-c5ccccc5)c4C)c3)cc1n2-c1cc(CC(C)C)ccn1. The monoisotopic (exact) mass is 618 g/mol. The fourth-order valence-electron chi connectivity index (χ4n) is 6.78. The fraction of sp³-hybridized carbons (Fsp3) is 0.238. The van der Waals surface area contributed by atoms with Crippen LogP contribution in [0.3, 0.4) is 0 Å². The van der Waals surface area contributed by atoms with Crippen molar-refractivity contribution in [3.8, 4) is 34.1 Å². The number of nitrogens with zero attached hydrogens (tertiary/aromatic N) is 4. The van der Waals surface area contributed by atoms with Crippen LogP contribution in [0.15, 0.2) is 109 Å². The molecule has 0 fully saturated rings. The lowest BCUT2D eigenvalue weighted by Gasteiger charge is -2.12. The molecule has 5 heteroatoms. The van der Waals surface area contributed by atoms with Gasteiger partial charge in [0.05, 0.1) is 22.4 Å². The van der Waals surface area contributed by atoms with Crippen LogP contribution < -0.4 is 4.74 Å². The van der Waals surface area contributed by atoms with Gasteiger partial charge in [-0.05, 0) is 104 Å². The predicted molar refractivity (Wildman–Crippen MR) is 194 cm³/mol. The van der Waals surface area contributed by atoms with Gasteiger partial charge in [-0.25, -0.2) is 9.67 Å². The third kappa shape index (κ3) is 5.83. The van der Waals surface area contributed by atoms with E-state index in [1.165, 1.54) is 27.5 Å². The van der Waals surface area contributed by atoms with Crippen molar-refractivity contribution in [3.05, 3.63) is 132 Å². The zero-order valence-corrected chi connectivity index (χ0v) is 28.2. The molecule has 47 heavy (non-hydrogen) atoms. The Morgan fingerprint density at radius 1 is 0.745 bits per heavy atom. The van der Waals surface area contributed by atoms with Crippen molar-refractivity contribution in [2.24, 2.45) is 5.92 Å². The standard InChI is InChI=1S/C42H42N4O/c1-7-28(4)33-16-19-39-38(24-33)37-18-17-36(26-40(37)45(39)41-23-31(20-21-43-41)22-27(2)3)47-35-15-11-14-34(25-35)46-30(6)42(29(5)44-46)32-12-9-8-10-13-32/h8-21,23-28H,7,22H2,1-6H3. The summed E-state index contributed by atoms with van der Waals surface area (Å²) < 4.78 is 10.9. The number of benzene rings is 4. The average Bonchev–Trinajstić information content (AvgIpc) is 3.56. The van der Waals surface area contributed by atoms with Crippen molar-refractivity contribution >= 4 is 21.8 Å². The van der Waals surface area contributed by atoms with Crippen molar-refractivity contribution in [1.29, 1.82) is 0 Å². The van der Waals surface area contributed by atoms with E-state index >= 15 is 0 Å². The Labute approximate surface area is 277 Å². The van der Waals surface area contributed by atoms with E-state index in [0.29, 0.717) is 11.8 Å². The summed E-state index contributed by atoms with van der Waals surface area (Å²) in [5, 5.41) is 7.35. The third-order valence-electron chi connectivity index (χ3n) is 9.28. The quantitative estimate of drug-likeness (QED) is 0.162. The van der Waals surface area contributed by atoms with E-state index in [2.05, 4.69) is 131 Å². The second kappa shape index (κ2) is 12.6. The highest BCUT2D eigenvalue weighted by atomic mass is 16.5. The van der Waals surface area contributed by atoms with Gasteiger partial charge in [-0.1, -0.05) is 70.2 Å². The number of hydrogen-bond acceptors (Lipinski definition) is 3. The van der Waals surface area contributed by atoms with E-state index in [4.69, 9.17) is 14.8 Å². The Balaban J connectivity index is 1.30. The summed E-state index contributed by atoms with van der Waals surface area (Å²) in [6, 6.07) is 36.3. The number of fused-ring (bicyclic) bond motifs is 3. The van der Waals surface area contributed by atoms with Crippen molar-refractivity contribution in [1.82, 2.24) is 19.3 Å². The maximum Gasteiger partial charge on any atom is 0.137 e.